The molecular formula is C32H48O5. The minimum atomic E-state index is -0.676. The van der Waals surface area contributed by atoms with Crippen LogP contribution < -0.4 is 0 Å². The highest BCUT2D eigenvalue weighted by atomic mass is 16.5. The number of ether oxygens (including phenoxy) is 1. The van der Waals surface area contributed by atoms with Crippen LogP contribution in [0.3, 0.4) is 0 Å². The van der Waals surface area contributed by atoms with Gasteiger partial charge in [0.2, 0.25) is 0 Å². The molecule has 0 aliphatic heterocycles. The van der Waals surface area contributed by atoms with Crippen molar-refractivity contribution in [1.29, 1.82) is 0 Å². The molecule has 4 aliphatic rings. The Labute approximate surface area is 223 Å². The summed E-state index contributed by atoms with van der Waals surface area (Å²) >= 11 is 0. The van der Waals surface area contributed by atoms with E-state index >= 15 is 0 Å². The molecule has 3 fully saturated rings. The summed E-state index contributed by atoms with van der Waals surface area (Å²) in [5.41, 5.74) is 1.52. The number of aliphatic hydroxyl groups excluding tert-OH is 1. The Morgan fingerprint density at radius 1 is 1.14 bits per heavy atom. The number of hydrogen-bond donors (Lipinski definition) is 1. The first-order valence-electron chi connectivity index (χ1n) is 14.6. The van der Waals surface area contributed by atoms with Crippen LogP contribution in [0.4, 0.5) is 0 Å². The fraction of sp³-hybridized carbons (Fsp3) is 0.781. The van der Waals surface area contributed by atoms with Gasteiger partial charge in [-0.2, -0.15) is 0 Å². The van der Waals surface area contributed by atoms with E-state index in [0.29, 0.717) is 30.5 Å². The Balaban J connectivity index is 1.62. The Hall–Kier alpha value is -1.75. The van der Waals surface area contributed by atoms with Crippen molar-refractivity contribution in [3.05, 3.63) is 23.3 Å². The maximum absolute atomic E-state index is 13.1. The third-order valence-corrected chi connectivity index (χ3v) is 11.2. The van der Waals surface area contributed by atoms with Crippen LogP contribution in [0.1, 0.15) is 99.3 Å². The number of aliphatic hydroxyl groups is 1. The lowest BCUT2D eigenvalue weighted by Gasteiger charge is -2.62. The van der Waals surface area contributed by atoms with Gasteiger partial charge in [-0.05, 0) is 94.3 Å². The van der Waals surface area contributed by atoms with E-state index in [0.717, 1.165) is 37.7 Å². The summed E-state index contributed by atoms with van der Waals surface area (Å²) in [4.78, 5) is 36.1. The van der Waals surface area contributed by atoms with Gasteiger partial charge in [0.1, 0.15) is 25.1 Å². The molecule has 0 bridgehead atoms. The van der Waals surface area contributed by atoms with Gasteiger partial charge in [0.25, 0.3) is 0 Å². The van der Waals surface area contributed by atoms with Gasteiger partial charge in [-0.1, -0.05) is 51.0 Å². The lowest BCUT2D eigenvalue weighted by Crippen LogP contribution is -2.61. The van der Waals surface area contributed by atoms with Crippen molar-refractivity contribution in [3.8, 4) is 0 Å². The van der Waals surface area contributed by atoms with Crippen molar-refractivity contribution in [2.45, 2.75) is 112 Å². The molecule has 0 amide bonds. The van der Waals surface area contributed by atoms with E-state index in [9.17, 15) is 19.5 Å². The van der Waals surface area contributed by atoms with E-state index < -0.39 is 22.9 Å². The van der Waals surface area contributed by atoms with Crippen LogP contribution in [0.25, 0.3) is 0 Å². The lowest BCUT2D eigenvalue weighted by molar-refractivity contribution is -0.166. The van der Waals surface area contributed by atoms with Crippen molar-refractivity contribution in [3.63, 3.8) is 0 Å². The van der Waals surface area contributed by atoms with Crippen molar-refractivity contribution >= 4 is 18.5 Å². The molecular weight excluding hydrogens is 464 g/mol. The Bertz CT molecular complexity index is 958. The number of rotatable bonds is 8. The van der Waals surface area contributed by atoms with Crippen LogP contribution in [0.2, 0.25) is 0 Å². The SMILES string of the molecule is CC(C)=CCCC(C)C1CCC2C3C(O)C=C4C(CCC(OC(=O)CC=O)C4(C)C)C3(C=O)CCC12C. The number of aldehydes is 2. The fourth-order valence-corrected chi connectivity index (χ4v) is 9.36. The van der Waals surface area contributed by atoms with Gasteiger partial charge in [-0.3, -0.25) is 4.79 Å². The van der Waals surface area contributed by atoms with Crippen molar-refractivity contribution in [2.24, 2.45) is 45.8 Å². The second-order valence-electron chi connectivity index (χ2n) is 13.7. The lowest BCUT2D eigenvalue weighted by atomic mass is 9.42. The molecule has 9 unspecified atom stereocenters. The number of hydrogen-bond acceptors (Lipinski definition) is 5. The summed E-state index contributed by atoms with van der Waals surface area (Å²) in [6.07, 6.45) is 12.7. The molecule has 9 atom stereocenters. The van der Waals surface area contributed by atoms with Crippen LogP contribution in [-0.4, -0.2) is 35.9 Å². The molecule has 0 aromatic carbocycles. The molecule has 3 saturated carbocycles. The summed E-state index contributed by atoms with van der Waals surface area (Å²) in [5.74, 6) is 1.08. The first-order chi connectivity index (χ1) is 17.4. The van der Waals surface area contributed by atoms with Crippen LogP contribution in [0.15, 0.2) is 23.3 Å². The molecule has 0 spiro atoms. The average molecular weight is 513 g/mol. The molecule has 37 heavy (non-hydrogen) atoms. The summed E-state index contributed by atoms with van der Waals surface area (Å²) in [5, 5.41) is 11.7. The topological polar surface area (TPSA) is 80.7 Å². The zero-order valence-electron chi connectivity index (χ0n) is 23.8. The Morgan fingerprint density at radius 2 is 1.86 bits per heavy atom. The van der Waals surface area contributed by atoms with Crippen molar-refractivity contribution in [1.82, 2.24) is 0 Å². The molecule has 1 N–H and O–H groups in total. The van der Waals surface area contributed by atoms with Gasteiger partial charge in [-0.15, -0.1) is 0 Å². The largest absolute Gasteiger partial charge is 0.461 e. The Morgan fingerprint density at radius 3 is 2.51 bits per heavy atom. The zero-order chi connectivity index (χ0) is 27.2. The number of carbonyl (C=O) groups excluding carboxylic acids is 3. The highest BCUT2D eigenvalue weighted by molar-refractivity contribution is 5.83. The van der Waals surface area contributed by atoms with Crippen molar-refractivity contribution in [2.75, 3.05) is 0 Å². The predicted molar refractivity (Wildman–Crippen MR) is 145 cm³/mol. The molecule has 0 aromatic heterocycles. The molecule has 0 heterocycles. The zero-order valence-corrected chi connectivity index (χ0v) is 23.8. The summed E-state index contributed by atoms with van der Waals surface area (Å²) in [6, 6.07) is 0. The summed E-state index contributed by atoms with van der Waals surface area (Å²) in [6.45, 7) is 13.3. The first-order valence-corrected chi connectivity index (χ1v) is 14.6. The van der Waals surface area contributed by atoms with E-state index in [1.807, 2.05) is 6.08 Å². The highest BCUT2D eigenvalue weighted by Crippen LogP contribution is 2.69. The molecule has 4 rings (SSSR count). The van der Waals surface area contributed by atoms with Crippen LogP contribution in [-0.2, 0) is 19.1 Å². The van der Waals surface area contributed by atoms with Gasteiger partial charge in [-0.25, -0.2) is 0 Å². The van der Waals surface area contributed by atoms with Crippen molar-refractivity contribution < 1.29 is 24.2 Å². The monoisotopic (exact) mass is 512 g/mol. The Kier molecular flexibility index (Phi) is 7.97. The standard InChI is InChI=1S/C32H48O5/c1-20(2)8-7-9-21(3)22-10-11-24-29-26(35)18-25-23(32(29,19-34)16-15-31(22,24)6)12-13-27(30(25,4)5)37-28(36)14-17-33/h8,17-19,21-24,26-27,29,35H,7,9-16H2,1-6H3. The van der Waals surface area contributed by atoms with Gasteiger partial charge < -0.3 is 19.4 Å². The average Bonchev–Trinajstić information content (AvgIpc) is 3.18. The van der Waals surface area contributed by atoms with E-state index in [-0.39, 0.29) is 29.8 Å². The second kappa shape index (κ2) is 10.4. The summed E-state index contributed by atoms with van der Waals surface area (Å²) < 4.78 is 5.72. The molecule has 0 aromatic rings. The minimum absolute atomic E-state index is 0.0579. The van der Waals surface area contributed by atoms with Crippen LogP contribution in [0.5, 0.6) is 0 Å². The number of allylic oxidation sites excluding steroid dienone is 2. The quantitative estimate of drug-likeness (QED) is 0.180. The molecule has 4 aliphatic carbocycles. The predicted octanol–water partition coefficient (Wildman–Crippen LogP) is 6.23. The molecule has 0 saturated heterocycles. The molecule has 5 nitrogen and oxygen atoms in total. The molecule has 5 heteroatoms. The smallest absolute Gasteiger partial charge is 0.313 e. The highest BCUT2D eigenvalue weighted by Gasteiger charge is 2.66. The number of esters is 1. The van der Waals surface area contributed by atoms with E-state index in [2.05, 4.69) is 47.6 Å². The maximum Gasteiger partial charge on any atom is 0.313 e. The minimum Gasteiger partial charge on any atom is -0.461 e. The maximum atomic E-state index is 13.1. The fourth-order valence-electron chi connectivity index (χ4n) is 9.36. The summed E-state index contributed by atoms with van der Waals surface area (Å²) in [7, 11) is 0. The van der Waals surface area contributed by atoms with E-state index in [1.165, 1.54) is 24.7 Å². The third-order valence-electron chi connectivity index (χ3n) is 11.2. The van der Waals surface area contributed by atoms with Gasteiger partial charge in [0, 0.05) is 16.7 Å². The van der Waals surface area contributed by atoms with Crippen LogP contribution in [0, 0.1) is 45.8 Å². The molecule has 0 radical (unpaired) electrons. The first kappa shape index (κ1) is 28.3. The molecule has 206 valence electrons. The van der Waals surface area contributed by atoms with Gasteiger partial charge in [0.05, 0.1) is 6.10 Å². The third kappa shape index (κ3) is 4.68. The second-order valence-corrected chi connectivity index (χ2v) is 13.7. The van der Waals surface area contributed by atoms with E-state index in [4.69, 9.17) is 4.74 Å². The van der Waals surface area contributed by atoms with Crippen LogP contribution >= 0.6 is 0 Å². The van der Waals surface area contributed by atoms with Gasteiger partial charge in [0.15, 0.2) is 0 Å². The normalized spacial score (nSPS) is 40.8. The van der Waals surface area contributed by atoms with Gasteiger partial charge >= 0.3 is 5.97 Å². The number of carbonyl (C=O) groups is 3. The number of fused-ring (bicyclic) bond motifs is 5. The van der Waals surface area contributed by atoms with E-state index in [1.54, 1.807) is 0 Å².